The van der Waals surface area contributed by atoms with Crippen LogP contribution in [-0.4, -0.2) is 20.3 Å². The molecule has 0 fully saturated rings. The average molecular weight is 465 g/mol. The van der Waals surface area contributed by atoms with Gasteiger partial charge < -0.3 is 18.6 Å². The summed E-state index contributed by atoms with van der Waals surface area (Å²) in [6.45, 7) is 2.97. The maximum Gasteiger partial charge on any atom is 0.235 e. The Morgan fingerprint density at radius 1 is 0.848 bits per heavy atom. The summed E-state index contributed by atoms with van der Waals surface area (Å²) >= 11 is 6.10. The van der Waals surface area contributed by atoms with Gasteiger partial charge in [-0.2, -0.15) is 0 Å². The Balaban J connectivity index is 1.50. The van der Waals surface area contributed by atoms with Crippen LogP contribution in [0.1, 0.15) is 18.4 Å². The molecule has 0 spiro atoms. The third-order valence-corrected chi connectivity index (χ3v) is 5.47. The molecule has 0 unspecified atom stereocenters. The van der Waals surface area contributed by atoms with Gasteiger partial charge in [0.25, 0.3) is 0 Å². The second kappa shape index (κ2) is 10.5. The summed E-state index contributed by atoms with van der Waals surface area (Å²) in [5.74, 6) is 2.11. The van der Waals surface area contributed by atoms with Crippen molar-refractivity contribution in [3.63, 3.8) is 0 Å². The predicted octanol–water partition coefficient (Wildman–Crippen LogP) is 6.67. The Hall–Kier alpha value is -3.44. The molecular formula is C27H25ClO5. The van der Waals surface area contributed by atoms with Gasteiger partial charge in [-0.05, 0) is 74.4 Å². The minimum Gasteiger partial charge on any atom is -0.497 e. The lowest BCUT2D eigenvalue weighted by Gasteiger charge is -2.12. The van der Waals surface area contributed by atoms with Gasteiger partial charge in [0, 0.05) is 10.6 Å². The van der Waals surface area contributed by atoms with Crippen LogP contribution in [0.4, 0.5) is 0 Å². The minimum atomic E-state index is -0.250. The normalized spacial score (nSPS) is 10.9. The van der Waals surface area contributed by atoms with Gasteiger partial charge in [-0.15, -0.1) is 0 Å². The quantitative estimate of drug-likeness (QED) is 0.259. The van der Waals surface area contributed by atoms with E-state index in [-0.39, 0.29) is 11.2 Å². The van der Waals surface area contributed by atoms with Crippen LogP contribution in [0.15, 0.2) is 75.9 Å². The molecule has 170 valence electrons. The second-order valence-corrected chi connectivity index (χ2v) is 8.11. The first kappa shape index (κ1) is 22.7. The fraction of sp³-hybridized carbons (Fsp3) is 0.222. The van der Waals surface area contributed by atoms with Crippen molar-refractivity contribution in [1.29, 1.82) is 0 Å². The Morgan fingerprint density at radius 2 is 1.52 bits per heavy atom. The summed E-state index contributed by atoms with van der Waals surface area (Å²) < 4.78 is 23.0. The third kappa shape index (κ3) is 5.49. The first-order valence-corrected chi connectivity index (χ1v) is 11.2. The molecule has 0 saturated heterocycles. The highest BCUT2D eigenvalue weighted by Crippen LogP contribution is 2.32. The lowest BCUT2D eigenvalue weighted by Crippen LogP contribution is -2.12. The maximum absolute atomic E-state index is 13.2. The summed E-state index contributed by atoms with van der Waals surface area (Å²) in [7, 11) is 1.60. The van der Waals surface area contributed by atoms with Crippen LogP contribution in [0.5, 0.6) is 17.2 Å². The number of fused-ring (bicyclic) bond motifs is 1. The van der Waals surface area contributed by atoms with E-state index in [0.717, 1.165) is 24.2 Å². The summed E-state index contributed by atoms with van der Waals surface area (Å²) in [6.07, 6.45) is 1.51. The molecule has 5 nitrogen and oxygen atoms in total. The van der Waals surface area contributed by atoms with Crippen molar-refractivity contribution in [2.24, 2.45) is 0 Å². The van der Waals surface area contributed by atoms with Gasteiger partial charge in [-0.3, -0.25) is 4.79 Å². The second-order valence-electron chi connectivity index (χ2n) is 7.68. The molecule has 0 aliphatic carbocycles. The molecular weight excluding hydrogens is 440 g/mol. The molecule has 0 N–H and O–H groups in total. The molecule has 0 aliphatic rings. The summed E-state index contributed by atoms with van der Waals surface area (Å²) in [6, 6.07) is 20.2. The molecule has 4 rings (SSSR count). The van der Waals surface area contributed by atoms with Gasteiger partial charge in [-0.1, -0.05) is 29.3 Å². The van der Waals surface area contributed by atoms with Crippen LogP contribution in [0.3, 0.4) is 0 Å². The van der Waals surface area contributed by atoms with Gasteiger partial charge in [0.2, 0.25) is 11.2 Å². The zero-order valence-electron chi connectivity index (χ0n) is 18.6. The molecule has 0 bridgehead atoms. The molecule has 0 atom stereocenters. The van der Waals surface area contributed by atoms with Crippen LogP contribution in [0, 0.1) is 6.92 Å². The van der Waals surface area contributed by atoms with Crippen molar-refractivity contribution in [1.82, 2.24) is 0 Å². The third-order valence-electron chi connectivity index (χ3n) is 5.24. The molecule has 1 heterocycles. The molecule has 6 heteroatoms. The maximum atomic E-state index is 13.2. The van der Waals surface area contributed by atoms with Gasteiger partial charge in [0.15, 0.2) is 5.76 Å². The molecule has 0 amide bonds. The Bertz CT molecular complexity index is 1280. The SMILES string of the molecule is COc1ccc(-c2oc3ccc(Cl)cc3c(=O)c2OCCCCOc2ccc(C)cc2)cc1. The number of hydrogen-bond acceptors (Lipinski definition) is 5. The highest BCUT2D eigenvalue weighted by Gasteiger charge is 2.18. The van der Waals surface area contributed by atoms with Crippen molar-refractivity contribution < 1.29 is 18.6 Å². The van der Waals surface area contributed by atoms with E-state index in [0.29, 0.717) is 40.7 Å². The lowest BCUT2D eigenvalue weighted by molar-refractivity contribution is 0.263. The van der Waals surface area contributed by atoms with E-state index >= 15 is 0 Å². The highest BCUT2D eigenvalue weighted by molar-refractivity contribution is 6.31. The van der Waals surface area contributed by atoms with Crippen LogP contribution < -0.4 is 19.6 Å². The van der Waals surface area contributed by atoms with Gasteiger partial charge in [0.1, 0.15) is 17.1 Å². The first-order valence-electron chi connectivity index (χ1n) is 10.8. The Kier molecular flexibility index (Phi) is 7.20. The number of unbranched alkanes of at least 4 members (excludes halogenated alkanes) is 1. The van der Waals surface area contributed by atoms with Crippen molar-refractivity contribution in [3.05, 3.63) is 87.5 Å². The van der Waals surface area contributed by atoms with Gasteiger partial charge >= 0.3 is 0 Å². The summed E-state index contributed by atoms with van der Waals surface area (Å²) in [5, 5.41) is 0.851. The first-order chi connectivity index (χ1) is 16.0. The number of rotatable bonds is 9. The topological polar surface area (TPSA) is 57.9 Å². The van der Waals surface area contributed by atoms with E-state index in [9.17, 15) is 4.79 Å². The average Bonchev–Trinajstić information content (AvgIpc) is 2.84. The predicted molar refractivity (Wildman–Crippen MR) is 131 cm³/mol. The van der Waals surface area contributed by atoms with Crippen LogP contribution in [0.25, 0.3) is 22.3 Å². The van der Waals surface area contributed by atoms with E-state index < -0.39 is 0 Å². The van der Waals surface area contributed by atoms with Gasteiger partial charge in [0.05, 0.1) is 25.7 Å². The van der Waals surface area contributed by atoms with E-state index in [4.69, 9.17) is 30.2 Å². The molecule has 4 aromatic rings. The monoisotopic (exact) mass is 464 g/mol. The van der Waals surface area contributed by atoms with E-state index in [1.54, 1.807) is 25.3 Å². The van der Waals surface area contributed by atoms with Crippen molar-refractivity contribution >= 4 is 22.6 Å². The lowest BCUT2D eigenvalue weighted by atomic mass is 10.1. The number of methoxy groups -OCH3 is 1. The van der Waals surface area contributed by atoms with E-state index in [2.05, 4.69) is 0 Å². The van der Waals surface area contributed by atoms with E-state index in [1.807, 2.05) is 55.5 Å². The standard InChI is InChI=1S/C27H25ClO5/c1-18-5-10-22(11-6-18)31-15-3-4-16-32-27-25(29)23-17-20(28)9-14-24(23)33-26(27)19-7-12-21(30-2)13-8-19/h5-14,17H,3-4,15-16H2,1-2H3. The number of halogens is 1. The van der Waals surface area contributed by atoms with Crippen LogP contribution in [0.2, 0.25) is 5.02 Å². The van der Waals surface area contributed by atoms with Crippen LogP contribution in [-0.2, 0) is 0 Å². The Morgan fingerprint density at radius 3 is 2.21 bits per heavy atom. The zero-order valence-corrected chi connectivity index (χ0v) is 19.4. The molecule has 33 heavy (non-hydrogen) atoms. The zero-order chi connectivity index (χ0) is 23.2. The largest absolute Gasteiger partial charge is 0.497 e. The van der Waals surface area contributed by atoms with E-state index in [1.165, 1.54) is 5.56 Å². The van der Waals surface area contributed by atoms with Crippen molar-refractivity contribution in [3.8, 4) is 28.6 Å². The minimum absolute atomic E-state index is 0.175. The molecule has 1 aromatic heterocycles. The van der Waals surface area contributed by atoms with Crippen molar-refractivity contribution in [2.75, 3.05) is 20.3 Å². The molecule has 0 saturated carbocycles. The number of benzene rings is 3. The highest BCUT2D eigenvalue weighted by atomic mass is 35.5. The fourth-order valence-corrected chi connectivity index (χ4v) is 3.59. The number of hydrogen-bond donors (Lipinski definition) is 0. The smallest absolute Gasteiger partial charge is 0.235 e. The molecule has 0 radical (unpaired) electrons. The number of ether oxygens (including phenoxy) is 3. The molecule has 3 aromatic carbocycles. The number of aryl methyl sites for hydroxylation is 1. The summed E-state index contributed by atoms with van der Waals surface area (Å²) in [5.41, 5.74) is 2.12. The van der Waals surface area contributed by atoms with Gasteiger partial charge in [-0.25, -0.2) is 0 Å². The fourth-order valence-electron chi connectivity index (χ4n) is 3.42. The molecule has 0 aliphatic heterocycles. The van der Waals surface area contributed by atoms with Crippen LogP contribution >= 0.6 is 11.6 Å². The van der Waals surface area contributed by atoms with Crippen molar-refractivity contribution in [2.45, 2.75) is 19.8 Å². The summed E-state index contributed by atoms with van der Waals surface area (Å²) in [4.78, 5) is 13.2. The Labute approximate surface area is 197 Å².